The second-order valence-electron chi connectivity index (χ2n) is 4.65. The number of nitrogens with one attached hydrogen (secondary N) is 1. The lowest BCUT2D eigenvalue weighted by Gasteiger charge is -2.10. The predicted molar refractivity (Wildman–Crippen MR) is 73.1 cm³/mol. The minimum absolute atomic E-state index is 0.0365. The Hall–Kier alpha value is -2.37. The minimum Gasteiger partial charge on any atom is -0.322 e. The van der Waals surface area contributed by atoms with E-state index in [9.17, 15) is 18.0 Å². The van der Waals surface area contributed by atoms with Crippen molar-refractivity contribution in [2.24, 2.45) is 0 Å². The fourth-order valence-corrected chi connectivity index (χ4v) is 1.79. The Balaban J connectivity index is 2.22. The first-order valence-electron chi connectivity index (χ1n) is 6.20. The van der Waals surface area contributed by atoms with E-state index in [4.69, 9.17) is 0 Å². The minimum atomic E-state index is -4.52. The Bertz CT molecular complexity index is 664. The zero-order valence-electron chi connectivity index (χ0n) is 11.5. The summed E-state index contributed by atoms with van der Waals surface area (Å²) in [5, 5.41) is 2.62. The van der Waals surface area contributed by atoms with E-state index in [0.29, 0.717) is 5.69 Å². The van der Waals surface area contributed by atoms with Crippen molar-refractivity contribution in [2.75, 3.05) is 5.32 Å². The lowest BCUT2D eigenvalue weighted by atomic mass is 10.1. The summed E-state index contributed by atoms with van der Waals surface area (Å²) in [5.74, 6) is -0.488. The molecule has 0 spiro atoms. The summed E-state index contributed by atoms with van der Waals surface area (Å²) >= 11 is 0. The van der Waals surface area contributed by atoms with Gasteiger partial charge in [-0.15, -0.1) is 0 Å². The lowest BCUT2D eigenvalue weighted by Crippen LogP contribution is -2.16. The van der Waals surface area contributed by atoms with E-state index in [0.717, 1.165) is 17.7 Å². The van der Waals surface area contributed by atoms with Gasteiger partial charge in [0.2, 0.25) is 0 Å². The predicted octanol–water partition coefficient (Wildman–Crippen LogP) is 3.97. The Morgan fingerprint density at radius 1 is 1.05 bits per heavy atom. The van der Waals surface area contributed by atoms with Gasteiger partial charge in [0, 0.05) is 5.69 Å². The number of benzene rings is 1. The van der Waals surface area contributed by atoms with Crippen LogP contribution in [-0.4, -0.2) is 10.9 Å². The van der Waals surface area contributed by atoms with Crippen LogP contribution in [0.3, 0.4) is 0 Å². The van der Waals surface area contributed by atoms with Crippen LogP contribution in [0.15, 0.2) is 36.4 Å². The molecule has 2 rings (SSSR count). The van der Waals surface area contributed by atoms with Crippen molar-refractivity contribution in [3.8, 4) is 0 Å². The van der Waals surface area contributed by atoms with E-state index in [1.165, 1.54) is 6.92 Å². The summed E-state index contributed by atoms with van der Waals surface area (Å²) < 4.78 is 37.6. The van der Waals surface area contributed by atoms with Crippen molar-refractivity contribution in [3.05, 3.63) is 58.9 Å². The van der Waals surface area contributed by atoms with Crippen molar-refractivity contribution in [3.63, 3.8) is 0 Å². The van der Waals surface area contributed by atoms with Gasteiger partial charge in [-0.1, -0.05) is 17.7 Å². The van der Waals surface area contributed by atoms with Crippen molar-refractivity contribution in [1.82, 2.24) is 4.98 Å². The molecule has 0 aliphatic carbocycles. The summed E-state index contributed by atoms with van der Waals surface area (Å²) in [5.41, 5.74) is 0.759. The topological polar surface area (TPSA) is 42.0 Å². The van der Waals surface area contributed by atoms with Crippen LogP contribution in [0.4, 0.5) is 18.9 Å². The van der Waals surface area contributed by atoms with Crippen LogP contribution in [-0.2, 0) is 6.18 Å². The number of anilines is 1. The molecule has 1 aromatic carbocycles. The number of rotatable bonds is 2. The molecule has 1 aromatic heterocycles. The van der Waals surface area contributed by atoms with Gasteiger partial charge in [0.05, 0.1) is 11.3 Å². The lowest BCUT2D eigenvalue weighted by molar-refractivity contribution is -0.141. The number of aryl methyl sites for hydroxylation is 2. The third-order valence-corrected chi connectivity index (χ3v) is 2.93. The van der Waals surface area contributed by atoms with Gasteiger partial charge in [0.1, 0.15) is 5.69 Å². The van der Waals surface area contributed by atoms with Crippen LogP contribution < -0.4 is 5.32 Å². The van der Waals surface area contributed by atoms with E-state index < -0.39 is 17.8 Å². The summed E-state index contributed by atoms with van der Waals surface area (Å²) in [7, 11) is 0. The van der Waals surface area contributed by atoms with Crippen LogP contribution >= 0.6 is 0 Å². The number of halogens is 3. The number of carbonyl (C=O) groups is 1. The van der Waals surface area contributed by atoms with Gasteiger partial charge in [-0.25, -0.2) is 4.98 Å². The monoisotopic (exact) mass is 294 g/mol. The summed E-state index contributed by atoms with van der Waals surface area (Å²) in [6.45, 7) is 3.29. The number of nitrogens with zero attached hydrogens (tertiary/aromatic N) is 1. The third-order valence-electron chi connectivity index (χ3n) is 2.93. The quantitative estimate of drug-likeness (QED) is 0.910. The van der Waals surface area contributed by atoms with Gasteiger partial charge in [-0.3, -0.25) is 4.79 Å². The van der Waals surface area contributed by atoms with Crippen molar-refractivity contribution in [1.29, 1.82) is 0 Å². The number of hydrogen-bond donors (Lipinski definition) is 1. The molecule has 0 fully saturated rings. The van der Waals surface area contributed by atoms with Gasteiger partial charge in [-0.05, 0) is 38.1 Å². The maximum atomic E-state index is 12.5. The molecule has 21 heavy (non-hydrogen) atoms. The molecule has 3 nitrogen and oxygen atoms in total. The molecule has 2 aromatic rings. The molecule has 0 radical (unpaired) electrons. The zero-order chi connectivity index (χ0) is 15.6. The molecule has 0 aliphatic rings. The molecule has 0 saturated heterocycles. The van der Waals surface area contributed by atoms with E-state index >= 15 is 0 Å². The average molecular weight is 294 g/mol. The number of amides is 1. The van der Waals surface area contributed by atoms with Gasteiger partial charge < -0.3 is 5.32 Å². The second kappa shape index (κ2) is 5.55. The fourth-order valence-electron chi connectivity index (χ4n) is 1.79. The Labute approximate surface area is 119 Å². The Morgan fingerprint density at radius 2 is 1.67 bits per heavy atom. The smallest absolute Gasteiger partial charge is 0.322 e. The normalized spacial score (nSPS) is 11.3. The first-order valence-corrected chi connectivity index (χ1v) is 6.20. The standard InChI is InChI=1S/C15H13F3N2O/c1-9-3-5-11(6-4-9)20-14(21)12-7-8-13(15(16,17)18)19-10(12)2/h3-8H,1-2H3,(H,20,21). The van der Waals surface area contributed by atoms with Crippen LogP contribution in [0, 0.1) is 13.8 Å². The number of hydrogen-bond acceptors (Lipinski definition) is 2. The summed E-state index contributed by atoms with van der Waals surface area (Å²) in [4.78, 5) is 15.5. The maximum Gasteiger partial charge on any atom is 0.433 e. The van der Waals surface area contributed by atoms with Gasteiger partial charge in [-0.2, -0.15) is 13.2 Å². The zero-order valence-corrected chi connectivity index (χ0v) is 11.5. The molecule has 0 bridgehead atoms. The van der Waals surface area contributed by atoms with Gasteiger partial charge in [0.25, 0.3) is 5.91 Å². The van der Waals surface area contributed by atoms with Crippen molar-refractivity contribution >= 4 is 11.6 Å². The highest BCUT2D eigenvalue weighted by molar-refractivity contribution is 6.04. The largest absolute Gasteiger partial charge is 0.433 e. The van der Waals surface area contributed by atoms with Crippen LogP contribution in [0.5, 0.6) is 0 Å². The number of alkyl halides is 3. The molecule has 6 heteroatoms. The maximum absolute atomic E-state index is 12.5. The van der Waals surface area contributed by atoms with Crippen LogP contribution in [0.1, 0.15) is 27.3 Å². The molecule has 110 valence electrons. The molecule has 0 unspecified atom stereocenters. The molecular weight excluding hydrogens is 281 g/mol. The van der Waals surface area contributed by atoms with E-state index in [1.807, 2.05) is 19.1 Å². The average Bonchev–Trinajstić information content (AvgIpc) is 2.40. The first-order chi connectivity index (χ1) is 9.77. The SMILES string of the molecule is Cc1ccc(NC(=O)c2ccc(C(F)(F)F)nc2C)cc1. The van der Waals surface area contributed by atoms with Crippen LogP contribution in [0.25, 0.3) is 0 Å². The number of pyridine rings is 1. The van der Waals surface area contributed by atoms with Crippen molar-refractivity contribution < 1.29 is 18.0 Å². The highest BCUT2D eigenvalue weighted by atomic mass is 19.4. The first kappa shape index (κ1) is 15.0. The number of aromatic nitrogens is 1. The van der Waals surface area contributed by atoms with Crippen molar-refractivity contribution in [2.45, 2.75) is 20.0 Å². The molecule has 1 amide bonds. The fraction of sp³-hybridized carbons (Fsp3) is 0.200. The molecular formula is C15H13F3N2O. The van der Waals surface area contributed by atoms with Crippen LogP contribution in [0.2, 0.25) is 0 Å². The number of carbonyl (C=O) groups excluding carboxylic acids is 1. The summed E-state index contributed by atoms with van der Waals surface area (Å²) in [6, 6.07) is 9.03. The highest BCUT2D eigenvalue weighted by Gasteiger charge is 2.33. The van der Waals surface area contributed by atoms with Gasteiger partial charge >= 0.3 is 6.18 Å². The molecule has 0 saturated carbocycles. The summed E-state index contributed by atoms with van der Waals surface area (Å²) in [6.07, 6.45) is -4.52. The van der Waals surface area contributed by atoms with E-state index in [1.54, 1.807) is 12.1 Å². The third kappa shape index (κ3) is 3.59. The molecule has 1 heterocycles. The molecule has 0 aliphatic heterocycles. The van der Waals surface area contributed by atoms with E-state index in [-0.39, 0.29) is 11.3 Å². The highest BCUT2D eigenvalue weighted by Crippen LogP contribution is 2.28. The Morgan fingerprint density at radius 3 is 2.19 bits per heavy atom. The second-order valence-corrected chi connectivity index (χ2v) is 4.65. The molecule has 1 N–H and O–H groups in total. The van der Waals surface area contributed by atoms with E-state index in [2.05, 4.69) is 10.3 Å². The molecule has 0 atom stereocenters. The van der Waals surface area contributed by atoms with Gasteiger partial charge in [0.15, 0.2) is 0 Å². The Kier molecular flexibility index (Phi) is 3.97.